The summed E-state index contributed by atoms with van der Waals surface area (Å²) in [5.41, 5.74) is 2.40. The molecular formula is C14H17Cl2NO2. The van der Waals surface area contributed by atoms with Crippen molar-refractivity contribution in [2.75, 3.05) is 13.1 Å². The normalized spacial score (nSPS) is 15.3. The number of fused-ring (bicyclic) bond motifs is 1. The van der Waals surface area contributed by atoms with Gasteiger partial charge in [0.2, 0.25) is 0 Å². The van der Waals surface area contributed by atoms with Crippen LogP contribution in [0, 0.1) is 0 Å². The molecule has 0 fully saturated rings. The number of hydrogen-bond donors (Lipinski definition) is 1. The predicted octanol–water partition coefficient (Wildman–Crippen LogP) is 3.61. The Morgan fingerprint density at radius 2 is 2.11 bits per heavy atom. The lowest BCUT2D eigenvalue weighted by molar-refractivity contribution is -0.137. The number of carboxylic acid groups (broad SMARTS) is 1. The zero-order valence-electron chi connectivity index (χ0n) is 10.7. The topological polar surface area (TPSA) is 40.5 Å². The van der Waals surface area contributed by atoms with Crippen LogP contribution in [0.15, 0.2) is 12.1 Å². The minimum atomic E-state index is -0.717. The molecule has 104 valence electrons. The third kappa shape index (κ3) is 3.85. The third-order valence-corrected chi connectivity index (χ3v) is 4.32. The first-order chi connectivity index (χ1) is 9.08. The van der Waals surface area contributed by atoms with Crippen molar-refractivity contribution in [2.24, 2.45) is 0 Å². The summed E-state index contributed by atoms with van der Waals surface area (Å²) in [4.78, 5) is 12.8. The van der Waals surface area contributed by atoms with Gasteiger partial charge in [-0.05, 0) is 43.0 Å². The Hall–Kier alpha value is -0.770. The predicted molar refractivity (Wildman–Crippen MR) is 76.9 cm³/mol. The van der Waals surface area contributed by atoms with E-state index in [4.69, 9.17) is 28.3 Å². The van der Waals surface area contributed by atoms with Gasteiger partial charge in [-0.15, -0.1) is 0 Å². The number of unbranched alkanes of at least 4 members (excludes halogenated alkanes) is 1. The maximum Gasteiger partial charge on any atom is 0.303 e. The second kappa shape index (κ2) is 6.60. The Labute approximate surface area is 123 Å². The molecule has 1 aliphatic rings. The molecule has 0 bridgehead atoms. The molecule has 0 spiro atoms. The smallest absolute Gasteiger partial charge is 0.303 e. The van der Waals surface area contributed by atoms with Crippen LogP contribution in [0.2, 0.25) is 10.0 Å². The number of nitrogens with zero attached hydrogens (tertiary/aromatic N) is 1. The quantitative estimate of drug-likeness (QED) is 0.845. The molecule has 0 atom stereocenters. The second-order valence-electron chi connectivity index (χ2n) is 4.88. The fourth-order valence-electron chi connectivity index (χ4n) is 2.44. The Kier molecular flexibility index (Phi) is 5.08. The van der Waals surface area contributed by atoms with Gasteiger partial charge in [-0.1, -0.05) is 29.3 Å². The Balaban J connectivity index is 1.88. The van der Waals surface area contributed by atoms with Crippen molar-refractivity contribution in [3.8, 4) is 0 Å². The summed E-state index contributed by atoms with van der Waals surface area (Å²) in [7, 11) is 0. The van der Waals surface area contributed by atoms with E-state index in [0.29, 0.717) is 10.0 Å². The summed E-state index contributed by atoms with van der Waals surface area (Å²) < 4.78 is 0. The molecule has 5 heteroatoms. The highest BCUT2D eigenvalue weighted by Gasteiger charge is 2.19. The Morgan fingerprint density at radius 1 is 1.32 bits per heavy atom. The first-order valence-corrected chi connectivity index (χ1v) is 7.23. The van der Waals surface area contributed by atoms with Crippen LogP contribution < -0.4 is 0 Å². The minimum Gasteiger partial charge on any atom is -0.481 e. The van der Waals surface area contributed by atoms with Crippen LogP contribution in [-0.4, -0.2) is 29.1 Å². The van der Waals surface area contributed by atoms with Gasteiger partial charge < -0.3 is 5.11 Å². The number of carbonyl (C=O) groups is 1. The maximum atomic E-state index is 10.4. The first kappa shape index (κ1) is 14.6. The molecule has 0 aromatic heterocycles. The number of benzene rings is 1. The van der Waals surface area contributed by atoms with Gasteiger partial charge in [0.25, 0.3) is 0 Å². The van der Waals surface area contributed by atoms with Gasteiger partial charge in [-0.2, -0.15) is 0 Å². The van der Waals surface area contributed by atoms with Crippen LogP contribution in [-0.2, 0) is 17.8 Å². The van der Waals surface area contributed by atoms with Gasteiger partial charge in [0.05, 0.1) is 10.0 Å². The zero-order chi connectivity index (χ0) is 13.8. The minimum absolute atomic E-state index is 0.256. The van der Waals surface area contributed by atoms with Crippen molar-refractivity contribution >= 4 is 29.2 Å². The third-order valence-electron chi connectivity index (χ3n) is 3.48. The molecule has 0 saturated carbocycles. The molecule has 1 N–H and O–H groups in total. The Morgan fingerprint density at radius 3 is 2.84 bits per heavy atom. The maximum absolute atomic E-state index is 10.4. The molecule has 1 heterocycles. The van der Waals surface area contributed by atoms with Crippen molar-refractivity contribution in [1.29, 1.82) is 0 Å². The van der Waals surface area contributed by atoms with Crippen molar-refractivity contribution < 1.29 is 9.90 Å². The molecule has 1 aliphatic heterocycles. The van der Waals surface area contributed by atoms with Gasteiger partial charge in [-0.25, -0.2) is 0 Å². The molecule has 0 saturated heterocycles. The number of rotatable bonds is 5. The highest BCUT2D eigenvalue weighted by atomic mass is 35.5. The van der Waals surface area contributed by atoms with Crippen LogP contribution >= 0.6 is 23.2 Å². The molecule has 1 aromatic rings. The lowest BCUT2D eigenvalue weighted by Crippen LogP contribution is -2.31. The Bertz CT molecular complexity index is 477. The molecule has 0 unspecified atom stereocenters. The average molecular weight is 302 g/mol. The van der Waals surface area contributed by atoms with Gasteiger partial charge in [-0.3, -0.25) is 9.69 Å². The van der Waals surface area contributed by atoms with E-state index in [9.17, 15) is 4.79 Å². The molecule has 19 heavy (non-hydrogen) atoms. The van der Waals surface area contributed by atoms with E-state index in [1.54, 1.807) is 0 Å². The van der Waals surface area contributed by atoms with Gasteiger partial charge in [0.1, 0.15) is 0 Å². The van der Waals surface area contributed by atoms with E-state index >= 15 is 0 Å². The molecule has 0 radical (unpaired) electrons. The van der Waals surface area contributed by atoms with Crippen molar-refractivity contribution in [1.82, 2.24) is 4.90 Å². The SMILES string of the molecule is O=C(O)CCCCN1CCc2c(ccc(Cl)c2Cl)C1. The molecule has 1 aromatic carbocycles. The summed E-state index contributed by atoms with van der Waals surface area (Å²) in [6, 6.07) is 3.88. The van der Waals surface area contributed by atoms with Crippen LogP contribution in [0.3, 0.4) is 0 Å². The number of carboxylic acids is 1. The van der Waals surface area contributed by atoms with Crippen molar-refractivity contribution in [2.45, 2.75) is 32.2 Å². The summed E-state index contributed by atoms with van der Waals surface area (Å²) in [6.07, 6.45) is 2.82. The van der Waals surface area contributed by atoms with Crippen LogP contribution in [0.25, 0.3) is 0 Å². The van der Waals surface area contributed by atoms with Gasteiger partial charge in [0.15, 0.2) is 0 Å². The largest absolute Gasteiger partial charge is 0.481 e. The van der Waals surface area contributed by atoms with E-state index in [1.165, 1.54) is 5.56 Å². The van der Waals surface area contributed by atoms with Gasteiger partial charge >= 0.3 is 5.97 Å². The van der Waals surface area contributed by atoms with Crippen LogP contribution in [0.1, 0.15) is 30.4 Å². The van der Waals surface area contributed by atoms with Crippen molar-refractivity contribution in [3.63, 3.8) is 0 Å². The van der Waals surface area contributed by atoms with E-state index in [-0.39, 0.29) is 6.42 Å². The van der Waals surface area contributed by atoms with Crippen molar-refractivity contribution in [3.05, 3.63) is 33.3 Å². The molecule has 0 aliphatic carbocycles. The number of aliphatic carboxylic acids is 1. The van der Waals surface area contributed by atoms with Crippen LogP contribution in [0.4, 0.5) is 0 Å². The van der Waals surface area contributed by atoms with Crippen LogP contribution in [0.5, 0.6) is 0 Å². The first-order valence-electron chi connectivity index (χ1n) is 6.48. The number of halogens is 2. The standard InChI is InChI=1S/C14H17Cl2NO2/c15-12-5-4-10-9-17(7-2-1-3-13(18)19)8-6-11(10)14(12)16/h4-5H,1-3,6-9H2,(H,18,19). The van der Waals surface area contributed by atoms with E-state index in [1.807, 2.05) is 12.1 Å². The fraction of sp³-hybridized carbons (Fsp3) is 0.500. The van der Waals surface area contributed by atoms with E-state index in [2.05, 4.69) is 4.90 Å². The summed E-state index contributed by atoms with van der Waals surface area (Å²) >= 11 is 12.2. The average Bonchev–Trinajstić information content (AvgIpc) is 2.39. The molecular weight excluding hydrogens is 285 g/mol. The second-order valence-corrected chi connectivity index (χ2v) is 5.66. The molecule has 2 rings (SSSR count). The summed E-state index contributed by atoms with van der Waals surface area (Å²) in [5.74, 6) is -0.717. The molecule has 0 amide bonds. The molecule has 3 nitrogen and oxygen atoms in total. The number of hydrogen-bond acceptors (Lipinski definition) is 2. The zero-order valence-corrected chi connectivity index (χ0v) is 12.2. The highest BCUT2D eigenvalue weighted by Crippen LogP contribution is 2.32. The fourth-order valence-corrected chi connectivity index (χ4v) is 2.90. The highest BCUT2D eigenvalue weighted by molar-refractivity contribution is 6.42. The summed E-state index contributed by atoms with van der Waals surface area (Å²) in [5, 5.41) is 9.90. The monoisotopic (exact) mass is 301 g/mol. The summed E-state index contributed by atoms with van der Waals surface area (Å²) in [6.45, 7) is 2.77. The van der Waals surface area contributed by atoms with E-state index < -0.39 is 5.97 Å². The van der Waals surface area contributed by atoms with Gasteiger partial charge in [0, 0.05) is 19.5 Å². The lowest BCUT2D eigenvalue weighted by atomic mass is 9.99. The lowest BCUT2D eigenvalue weighted by Gasteiger charge is -2.29. The van der Waals surface area contributed by atoms with E-state index in [0.717, 1.165) is 44.5 Å².